The number of aromatic nitrogens is 5. The third-order valence-corrected chi connectivity index (χ3v) is 6.93. The van der Waals surface area contributed by atoms with Crippen LogP contribution in [0.5, 0.6) is 5.75 Å². The number of benzene rings is 2. The van der Waals surface area contributed by atoms with Crippen LogP contribution in [0.25, 0.3) is 22.8 Å². The molecule has 4 aromatic rings. The monoisotopic (exact) mass is 541 g/mol. The molecule has 13 heteroatoms. The fraction of sp³-hybridized carbons (Fsp3) is 0.240. The molecule has 1 atom stereocenters. The molecular weight excluding hydrogens is 519 g/mol. The molecule has 2 aromatic heterocycles. The second-order valence-electron chi connectivity index (χ2n) is 8.50. The first-order chi connectivity index (χ1) is 18.2. The SMILES string of the molecule is COc1ccccc1[C@@H](C)NC(=O)C1=Nn2c(nnc2-c2cc(-c3ccc(C(F)(F)F)cc3)n(C)n2)SC1. The molecular formula is C25H22F3N7O2S. The number of halogens is 3. The zero-order valence-corrected chi connectivity index (χ0v) is 21.3. The maximum atomic E-state index is 13.1. The molecule has 0 spiro atoms. The standard InChI is InChI=1S/C25H22F3N7O2S/c1-14(17-6-4-5-7-21(17)37-3)29-23(36)19-13-38-24-31-30-22(35(24)33-19)18-12-20(34(2)32-18)15-8-10-16(11-9-15)25(26,27)28/h4-12,14H,13H2,1-3H3,(H,29,36)/t14-/m1/s1. The lowest BCUT2D eigenvalue weighted by Gasteiger charge is -2.19. The van der Waals surface area contributed by atoms with Gasteiger partial charge in [-0.1, -0.05) is 42.1 Å². The van der Waals surface area contributed by atoms with Gasteiger partial charge in [0.25, 0.3) is 5.91 Å². The van der Waals surface area contributed by atoms with Gasteiger partial charge in [0, 0.05) is 12.6 Å². The number of hydrogen-bond acceptors (Lipinski definition) is 7. The normalized spacial score (nSPS) is 14.0. The van der Waals surface area contributed by atoms with Gasteiger partial charge in [0.05, 0.1) is 30.2 Å². The number of rotatable bonds is 6. The van der Waals surface area contributed by atoms with Gasteiger partial charge >= 0.3 is 6.18 Å². The summed E-state index contributed by atoms with van der Waals surface area (Å²) in [7, 11) is 3.26. The number of carbonyl (C=O) groups excluding carboxylic acids is 1. The summed E-state index contributed by atoms with van der Waals surface area (Å²) < 4.78 is 47.2. The topological polar surface area (TPSA) is 99.2 Å². The van der Waals surface area contributed by atoms with Crippen LogP contribution in [-0.2, 0) is 18.0 Å². The smallest absolute Gasteiger partial charge is 0.416 e. The van der Waals surface area contributed by atoms with Gasteiger partial charge in [-0.3, -0.25) is 9.48 Å². The number of alkyl halides is 3. The van der Waals surface area contributed by atoms with Gasteiger partial charge < -0.3 is 10.1 Å². The molecule has 1 aliphatic rings. The van der Waals surface area contributed by atoms with Gasteiger partial charge in [-0.15, -0.1) is 10.2 Å². The van der Waals surface area contributed by atoms with Crippen molar-refractivity contribution in [1.29, 1.82) is 0 Å². The minimum absolute atomic E-state index is 0.282. The van der Waals surface area contributed by atoms with Crippen LogP contribution < -0.4 is 10.1 Å². The number of hydrogen-bond donors (Lipinski definition) is 1. The number of aryl methyl sites for hydroxylation is 1. The summed E-state index contributed by atoms with van der Waals surface area (Å²) in [6.45, 7) is 1.86. The molecule has 0 fully saturated rings. The van der Waals surface area contributed by atoms with Crippen molar-refractivity contribution in [3.63, 3.8) is 0 Å². The largest absolute Gasteiger partial charge is 0.496 e. The van der Waals surface area contributed by atoms with Crippen molar-refractivity contribution in [3.8, 4) is 28.5 Å². The van der Waals surface area contributed by atoms with Crippen molar-refractivity contribution in [2.75, 3.05) is 12.9 Å². The third kappa shape index (κ3) is 4.88. The Hall–Kier alpha value is -4.13. The highest BCUT2D eigenvalue weighted by atomic mass is 32.2. The van der Waals surface area contributed by atoms with Crippen LogP contribution in [-0.4, -0.2) is 49.1 Å². The Balaban J connectivity index is 1.40. The van der Waals surface area contributed by atoms with Gasteiger partial charge in [0.2, 0.25) is 11.0 Å². The number of thioether (sulfide) groups is 1. The van der Waals surface area contributed by atoms with Crippen molar-refractivity contribution in [1.82, 2.24) is 30.0 Å². The summed E-state index contributed by atoms with van der Waals surface area (Å²) in [5.41, 5.74) is 1.94. The lowest BCUT2D eigenvalue weighted by molar-refractivity contribution is -0.137. The Bertz CT molecular complexity index is 1530. The minimum Gasteiger partial charge on any atom is -0.496 e. The van der Waals surface area contributed by atoms with Crippen molar-refractivity contribution >= 4 is 23.4 Å². The number of para-hydroxylation sites is 1. The first kappa shape index (κ1) is 25.5. The van der Waals surface area contributed by atoms with E-state index in [4.69, 9.17) is 4.74 Å². The second kappa shape index (κ2) is 9.97. The summed E-state index contributed by atoms with van der Waals surface area (Å²) >= 11 is 1.31. The van der Waals surface area contributed by atoms with Crippen LogP contribution in [0.15, 0.2) is 64.9 Å². The lowest BCUT2D eigenvalue weighted by Crippen LogP contribution is -2.36. The molecule has 38 heavy (non-hydrogen) atoms. The quantitative estimate of drug-likeness (QED) is 0.384. The van der Waals surface area contributed by atoms with Crippen molar-refractivity contribution in [2.24, 2.45) is 12.1 Å². The molecule has 9 nitrogen and oxygen atoms in total. The molecule has 0 radical (unpaired) electrons. The Morgan fingerprint density at radius 3 is 2.58 bits per heavy atom. The van der Waals surface area contributed by atoms with Crippen LogP contribution >= 0.6 is 11.8 Å². The van der Waals surface area contributed by atoms with E-state index in [0.29, 0.717) is 39.4 Å². The number of nitrogens with one attached hydrogen (secondary N) is 1. The molecule has 0 saturated carbocycles. The van der Waals surface area contributed by atoms with Gasteiger partial charge in [0.15, 0.2) is 0 Å². The zero-order valence-electron chi connectivity index (χ0n) is 20.5. The molecule has 5 rings (SSSR count). The summed E-state index contributed by atoms with van der Waals surface area (Å²) in [5, 5.41) is 20.8. The van der Waals surface area contributed by atoms with E-state index >= 15 is 0 Å². The van der Waals surface area contributed by atoms with Gasteiger partial charge in [-0.2, -0.15) is 28.0 Å². The van der Waals surface area contributed by atoms with Crippen LogP contribution in [0.1, 0.15) is 24.1 Å². The van der Waals surface area contributed by atoms with E-state index in [1.165, 1.54) is 28.6 Å². The lowest BCUT2D eigenvalue weighted by atomic mass is 10.1. The molecule has 1 N–H and O–H groups in total. The van der Waals surface area contributed by atoms with E-state index in [1.807, 2.05) is 31.2 Å². The van der Waals surface area contributed by atoms with Gasteiger partial charge in [0.1, 0.15) is 17.2 Å². The highest BCUT2D eigenvalue weighted by Crippen LogP contribution is 2.33. The molecule has 196 valence electrons. The number of ether oxygens (including phenoxy) is 1. The van der Waals surface area contributed by atoms with E-state index in [1.54, 1.807) is 24.9 Å². The van der Waals surface area contributed by atoms with Crippen LogP contribution in [0.4, 0.5) is 13.2 Å². The third-order valence-electron chi connectivity index (χ3n) is 6.00. The van der Waals surface area contributed by atoms with Crippen molar-refractivity contribution in [3.05, 3.63) is 65.7 Å². The summed E-state index contributed by atoms with van der Waals surface area (Å²) in [6.07, 6.45) is -4.42. The van der Waals surface area contributed by atoms with E-state index < -0.39 is 11.7 Å². The Morgan fingerprint density at radius 1 is 1.13 bits per heavy atom. The molecule has 1 amide bonds. The second-order valence-corrected chi connectivity index (χ2v) is 9.45. The van der Waals surface area contributed by atoms with E-state index in [-0.39, 0.29) is 17.7 Å². The molecule has 3 heterocycles. The number of carbonyl (C=O) groups is 1. The number of methoxy groups -OCH3 is 1. The molecule has 0 bridgehead atoms. The average molecular weight is 542 g/mol. The Labute approximate surface area is 219 Å². The number of amides is 1. The van der Waals surface area contributed by atoms with E-state index in [0.717, 1.165) is 17.7 Å². The number of fused-ring (bicyclic) bond motifs is 1. The predicted octanol–water partition coefficient (Wildman–Crippen LogP) is 4.56. The fourth-order valence-corrected chi connectivity index (χ4v) is 4.86. The minimum atomic E-state index is -4.42. The fourth-order valence-electron chi connectivity index (χ4n) is 4.06. The highest BCUT2D eigenvalue weighted by Gasteiger charge is 2.30. The molecule has 2 aromatic carbocycles. The maximum Gasteiger partial charge on any atom is 0.416 e. The summed E-state index contributed by atoms with van der Waals surface area (Å²) in [5.74, 6) is 0.945. The first-order valence-corrected chi connectivity index (χ1v) is 12.5. The molecule has 0 unspecified atom stereocenters. The van der Waals surface area contributed by atoms with E-state index in [2.05, 4.69) is 25.7 Å². The first-order valence-electron chi connectivity index (χ1n) is 11.5. The van der Waals surface area contributed by atoms with Crippen molar-refractivity contribution < 1.29 is 22.7 Å². The van der Waals surface area contributed by atoms with Crippen LogP contribution in [0.2, 0.25) is 0 Å². The molecule has 0 saturated heterocycles. The Morgan fingerprint density at radius 2 is 1.87 bits per heavy atom. The summed E-state index contributed by atoms with van der Waals surface area (Å²) in [4.78, 5) is 13.1. The predicted molar refractivity (Wildman–Crippen MR) is 136 cm³/mol. The van der Waals surface area contributed by atoms with Gasteiger partial charge in [-0.05, 0) is 36.8 Å². The number of nitrogens with zero attached hydrogens (tertiary/aromatic N) is 6. The van der Waals surface area contributed by atoms with E-state index in [9.17, 15) is 18.0 Å². The average Bonchev–Trinajstić information content (AvgIpc) is 3.50. The molecule has 1 aliphatic heterocycles. The van der Waals surface area contributed by atoms with Crippen molar-refractivity contribution in [2.45, 2.75) is 24.3 Å². The van der Waals surface area contributed by atoms with Crippen LogP contribution in [0, 0.1) is 0 Å². The zero-order chi connectivity index (χ0) is 27.0. The summed E-state index contributed by atoms with van der Waals surface area (Å²) in [6, 6.07) is 13.6. The highest BCUT2D eigenvalue weighted by molar-refractivity contribution is 8.00. The maximum absolute atomic E-state index is 13.1. The van der Waals surface area contributed by atoms with Gasteiger partial charge in [-0.25, -0.2) is 0 Å². The van der Waals surface area contributed by atoms with Crippen LogP contribution in [0.3, 0.4) is 0 Å². The Kier molecular flexibility index (Phi) is 6.69. The molecule has 0 aliphatic carbocycles.